The number of rotatable bonds is 8. The summed E-state index contributed by atoms with van der Waals surface area (Å²) in [5.41, 5.74) is 9.57. The van der Waals surface area contributed by atoms with Gasteiger partial charge in [-0.15, -0.1) is 0 Å². The summed E-state index contributed by atoms with van der Waals surface area (Å²) in [5, 5.41) is 0.912. The molecule has 0 radical (unpaired) electrons. The fourth-order valence-electron chi connectivity index (χ4n) is 3.76. The Morgan fingerprint density at radius 1 is 1.22 bits per heavy atom. The van der Waals surface area contributed by atoms with Crippen molar-refractivity contribution < 1.29 is 13.9 Å². The Balaban J connectivity index is 1.88. The summed E-state index contributed by atoms with van der Waals surface area (Å²) in [4.78, 5) is 19.9. The van der Waals surface area contributed by atoms with Crippen LogP contribution in [0.2, 0.25) is 25.7 Å². The zero-order valence-corrected chi connectivity index (χ0v) is 19.5. The van der Waals surface area contributed by atoms with Crippen LogP contribution in [0, 0.1) is 5.82 Å². The van der Waals surface area contributed by atoms with Gasteiger partial charge in [0.05, 0.1) is 17.0 Å². The van der Waals surface area contributed by atoms with Crippen LogP contribution in [0.1, 0.15) is 10.4 Å². The highest BCUT2D eigenvalue weighted by Gasteiger charge is 2.23. The predicted octanol–water partition coefficient (Wildman–Crippen LogP) is 5.25. The van der Waals surface area contributed by atoms with Crippen LogP contribution in [0.5, 0.6) is 0 Å². The summed E-state index contributed by atoms with van der Waals surface area (Å²) in [6.45, 7) is 7.70. The Morgan fingerprint density at radius 2 is 2.03 bits per heavy atom. The highest BCUT2D eigenvalue weighted by molar-refractivity contribution is 6.76. The Morgan fingerprint density at radius 3 is 2.75 bits per heavy atom. The quantitative estimate of drug-likeness (QED) is 0.284. The lowest BCUT2D eigenvalue weighted by molar-refractivity contribution is 0.0893. The van der Waals surface area contributed by atoms with Crippen molar-refractivity contribution in [1.29, 1.82) is 0 Å². The van der Waals surface area contributed by atoms with E-state index >= 15 is 0 Å². The van der Waals surface area contributed by atoms with Crippen molar-refractivity contribution in [3.05, 3.63) is 66.2 Å². The first kappa shape index (κ1) is 22.0. The van der Waals surface area contributed by atoms with Gasteiger partial charge in [0.2, 0.25) is 0 Å². The molecule has 0 atom stereocenters. The summed E-state index contributed by atoms with van der Waals surface area (Å²) in [6.07, 6.45) is 3.53. The first-order valence-corrected chi connectivity index (χ1v) is 14.2. The number of pyridine rings is 1. The fraction of sp³-hybridized carbons (Fsp3) is 0.250. The third-order valence-electron chi connectivity index (χ3n) is 5.41. The van der Waals surface area contributed by atoms with Gasteiger partial charge in [-0.05, 0) is 36.4 Å². The largest absolute Gasteiger partial charge is 0.366 e. The van der Waals surface area contributed by atoms with Crippen LogP contribution < -0.4 is 5.73 Å². The molecule has 3 heterocycles. The highest BCUT2D eigenvalue weighted by Crippen LogP contribution is 2.36. The molecular weight excluding hydrogens is 423 g/mol. The zero-order valence-electron chi connectivity index (χ0n) is 18.5. The molecule has 4 aromatic rings. The molecule has 3 aromatic heterocycles. The minimum atomic E-state index is -1.27. The number of hydrogen-bond acceptors (Lipinski definition) is 3. The number of ether oxygens (including phenoxy) is 1. The van der Waals surface area contributed by atoms with Crippen molar-refractivity contribution in [3.8, 4) is 22.5 Å². The second-order valence-electron chi connectivity index (χ2n) is 9.04. The smallest absolute Gasteiger partial charge is 0.250 e. The first-order chi connectivity index (χ1) is 15.2. The molecule has 0 aliphatic heterocycles. The minimum Gasteiger partial charge on any atom is -0.366 e. The van der Waals surface area contributed by atoms with Gasteiger partial charge in [-0.1, -0.05) is 31.8 Å². The number of aromatic amines is 1. The third-order valence-corrected chi connectivity index (χ3v) is 7.12. The predicted molar refractivity (Wildman–Crippen MR) is 128 cm³/mol. The number of halogens is 1. The molecular formula is C24H27FN4O2Si. The molecule has 1 amide bonds. The van der Waals surface area contributed by atoms with Crippen molar-refractivity contribution in [2.75, 3.05) is 6.61 Å². The van der Waals surface area contributed by atoms with E-state index in [1.807, 2.05) is 22.9 Å². The Bertz CT molecular complexity index is 1270. The maximum atomic E-state index is 14.1. The van der Waals surface area contributed by atoms with Crippen molar-refractivity contribution in [1.82, 2.24) is 14.5 Å². The topological polar surface area (TPSA) is 85.9 Å². The molecule has 1 aromatic carbocycles. The number of nitrogens with one attached hydrogen (secondary N) is 1. The van der Waals surface area contributed by atoms with Gasteiger partial charge in [-0.2, -0.15) is 0 Å². The summed E-state index contributed by atoms with van der Waals surface area (Å²) in [7, 11) is -1.27. The van der Waals surface area contributed by atoms with E-state index in [0.717, 1.165) is 28.3 Å². The van der Waals surface area contributed by atoms with Crippen LogP contribution in [0.4, 0.5) is 4.39 Å². The molecule has 0 unspecified atom stereocenters. The van der Waals surface area contributed by atoms with Gasteiger partial charge in [0, 0.05) is 43.6 Å². The van der Waals surface area contributed by atoms with Crippen molar-refractivity contribution in [3.63, 3.8) is 0 Å². The lowest BCUT2D eigenvalue weighted by Crippen LogP contribution is -2.22. The summed E-state index contributed by atoms with van der Waals surface area (Å²) >= 11 is 0. The number of primary amides is 1. The van der Waals surface area contributed by atoms with E-state index in [9.17, 15) is 9.18 Å². The summed E-state index contributed by atoms with van der Waals surface area (Å²) < 4.78 is 22.1. The van der Waals surface area contributed by atoms with Gasteiger partial charge in [0.15, 0.2) is 0 Å². The standard InChI is InChI=1S/C24H27FN4O2Si/c1-32(2,3)12-11-31-15-29-21(18-7-9-27-24-19(18)8-10-28-24)14-20(23(26)30)22(29)16-5-4-6-17(25)13-16/h4-10,13-14H,11-12,15H2,1-3H3,(H2,26,30)(H,27,28). The number of amides is 1. The number of hydrogen-bond donors (Lipinski definition) is 2. The highest BCUT2D eigenvalue weighted by atomic mass is 28.3. The molecule has 0 spiro atoms. The van der Waals surface area contributed by atoms with Crippen LogP contribution in [0.3, 0.4) is 0 Å². The lowest BCUT2D eigenvalue weighted by atomic mass is 10.1. The number of fused-ring (bicyclic) bond motifs is 1. The number of carbonyl (C=O) groups is 1. The molecule has 0 aliphatic carbocycles. The summed E-state index contributed by atoms with van der Waals surface area (Å²) in [6, 6.07) is 12.8. The molecule has 0 saturated heterocycles. The number of H-pyrrole nitrogens is 1. The van der Waals surface area contributed by atoms with Crippen molar-refractivity contribution in [2.24, 2.45) is 5.73 Å². The molecule has 166 valence electrons. The average Bonchev–Trinajstić information content (AvgIpc) is 3.35. The Hall–Kier alpha value is -3.23. The molecule has 4 rings (SSSR count). The van der Waals surface area contributed by atoms with Gasteiger partial charge >= 0.3 is 0 Å². The van der Waals surface area contributed by atoms with E-state index in [2.05, 4.69) is 29.6 Å². The summed E-state index contributed by atoms with van der Waals surface area (Å²) in [5.74, 6) is -0.963. The third kappa shape index (κ3) is 4.51. The van der Waals surface area contributed by atoms with Crippen LogP contribution in [-0.4, -0.2) is 35.1 Å². The molecule has 32 heavy (non-hydrogen) atoms. The molecule has 0 saturated carbocycles. The second-order valence-corrected chi connectivity index (χ2v) is 14.7. The molecule has 8 heteroatoms. The number of benzene rings is 1. The van der Waals surface area contributed by atoms with Gasteiger partial charge in [0.1, 0.15) is 18.2 Å². The Labute approximate surface area is 187 Å². The van der Waals surface area contributed by atoms with Gasteiger partial charge < -0.3 is 20.0 Å². The maximum absolute atomic E-state index is 14.1. The van der Waals surface area contributed by atoms with E-state index in [4.69, 9.17) is 10.5 Å². The average molecular weight is 451 g/mol. The van der Waals surface area contributed by atoms with E-state index in [1.165, 1.54) is 12.1 Å². The van der Waals surface area contributed by atoms with Crippen molar-refractivity contribution >= 4 is 25.0 Å². The van der Waals surface area contributed by atoms with Gasteiger partial charge in [-0.3, -0.25) is 4.79 Å². The van der Waals surface area contributed by atoms with E-state index < -0.39 is 14.0 Å². The minimum absolute atomic E-state index is 0.215. The van der Waals surface area contributed by atoms with Crippen LogP contribution in [0.15, 0.2) is 54.9 Å². The van der Waals surface area contributed by atoms with Crippen LogP contribution >= 0.6 is 0 Å². The van der Waals surface area contributed by atoms with E-state index in [0.29, 0.717) is 23.4 Å². The molecule has 3 N–H and O–H groups in total. The normalized spacial score (nSPS) is 11.9. The number of nitrogens with zero attached hydrogens (tertiary/aromatic N) is 2. The Kier molecular flexibility index (Phi) is 5.99. The fourth-order valence-corrected chi connectivity index (χ4v) is 4.52. The zero-order chi connectivity index (χ0) is 22.9. The first-order valence-electron chi connectivity index (χ1n) is 10.5. The van der Waals surface area contributed by atoms with E-state index in [1.54, 1.807) is 24.4 Å². The molecule has 0 bridgehead atoms. The monoisotopic (exact) mass is 450 g/mol. The number of carbonyl (C=O) groups excluding carboxylic acids is 1. The van der Waals surface area contributed by atoms with Crippen LogP contribution in [-0.2, 0) is 11.5 Å². The van der Waals surface area contributed by atoms with E-state index in [-0.39, 0.29) is 12.5 Å². The molecule has 0 fully saturated rings. The van der Waals surface area contributed by atoms with Gasteiger partial charge in [-0.25, -0.2) is 9.37 Å². The number of nitrogens with two attached hydrogens (primary N) is 1. The second kappa shape index (κ2) is 8.72. The number of aromatic nitrogens is 3. The molecule has 6 nitrogen and oxygen atoms in total. The SMILES string of the molecule is C[Si](C)(C)CCOCn1c(-c2ccnc3[nH]ccc23)cc(C(N)=O)c1-c1cccc(F)c1. The van der Waals surface area contributed by atoms with Crippen molar-refractivity contribution in [2.45, 2.75) is 32.4 Å². The van der Waals surface area contributed by atoms with Crippen LogP contribution in [0.25, 0.3) is 33.5 Å². The lowest BCUT2D eigenvalue weighted by Gasteiger charge is -2.18. The molecule has 0 aliphatic rings. The van der Waals surface area contributed by atoms with Gasteiger partial charge in [0.25, 0.3) is 5.91 Å². The maximum Gasteiger partial charge on any atom is 0.250 e.